The molecular weight excluding hydrogens is 623 g/mol. The van der Waals surface area contributed by atoms with Crippen molar-refractivity contribution in [1.82, 2.24) is 15.0 Å². The van der Waals surface area contributed by atoms with Crippen molar-refractivity contribution in [3.05, 3.63) is 151 Å². The molecule has 4 heteroatoms. The highest BCUT2D eigenvalue weighted by molar-refractivity contribution is 6.12. The Balaban J connectivity index is 1.21. The first-order chi connectivity index (χ1) is 24.8. The average molecular weight is 658 g/mol. The summed E-state index contributed by atoms with van der Waals surface area (Å²) in [7, 11) is 0. The summed E-state index contributed by atoms with van der Waals surface area (Å²) in [5.41, 5.74) is 9.81. The summed E-state index contributed by atoms with van der Waals surface area (Å²) >= 11 is 0. The van der Waals surface area contributed by atoms with Gasteiger partial charge in [0.15, 0.2) is 17.5 Å². The zero-order valence-corrected chi connectivity index (χ0v) is 29.0. The molecule has 1 aliphatic rings. The van der Waals surface area contributed by atoms with E-state index in [4.69, 9.17) is 19.4 Å². The molecule has 0 unspecified atom stereocenters. The Bertz CT molecular complexity index is 2860. The second-order valence-corrected chi connectivity index (χ2v) is 14.9. The number of benzene rings is 7. The first kappa shape index (κ1) is 29.8. The summed E-state index contributed by atoms with van der Waals surface area (Å²) in [5, 5.41) is 6.87. The molecule has 0 bridgehead atoms. The molecule has 0 N–H and O–H groups in total. The second kappa shape index (κ2) is 10.7. The molecule has 244 valence electrons. The summed E-state index contributed by atoms with van der Waals surface area (Å²) in [5.74, 6) is 1.88. The molecule has 1 aliphatic carbocycles. The third-order valence-electron chi connectivity index (χ3n) is 11.7. The van der Waals surface area contributed by atoms with Gasteiger partial charge >= 0.3 is 0 Å². The lowest BCUT2D eigenvalue weighted by atomic mass is 9.55. The molecule has 10 rings (SSSR count). The standard InChI is InChI=1S/C47H35N3O/c1-46(2)38-18-10-8-15-32(38)37-27-36-30(26-39(37)47(46,3)4)23-21-28-22-24-31(25-35(28)36)44-48-43(29-13-6-5-7-14-29)49-45(50-44)34-17-12-20-41-42(34)33-16-9-11-19-40(33)51-41/h5-27H,1-4H3. The Kier molecular flexibility index (Phi) is 6.23. The van der Waals surface area contributed by atoms with E-state index in [1.165, 1.54) is 43.8 Å². The molecule has 0 saturated heterocycles. The highest BCUT2D eigenvalue weighted by Gasteiger charge is 2.45. The summed E-state index contributed by atoms with van der Waals surface area (Å²) in [6.07, 6.45) is 0. The van der Waals surface area contributed by atoms with E-state index in [0.717, 1.165) is 38.6 Å². The van der Waals surface area contributed by atoms with Crippen molar-refractivity contribution in [2.24, 2.45) is 0 Å². The molecule has 0 aliphatic heterocycles. The quantitative estimate of drug-likeness (QED) is 0.177. The maximum absolute atomic E-state index is 6.25. The lowest BCUT2D eigenvalue weighted by Gasteiger charge is -2.48. The minimum Gasteiger partial charge on any atom is -0.456 e. The van der Waals surface area contributed by atoms with Crippen molar-refractivity contribution in [1.29, 1.82) is 0 Å². The molecule has 0 spiro atoms. The van der Waals surface area contributed by atoms with Crippen LogP contribution in [0, 0.1) is 0 Å². The van der Waals surface area contributed by atoms with Gasteiger partial charge in [-0.15, -0.1) is 0 Å². The number of hydrogen-bond donors (Lipinski definition) is 0. The van der Waals surface area contributed by atoms with Crippen LogP contribution in [0.3, 0.4) is 0 Å². The molecule has 7 aromatic carbocycles. The molecule has 0 amide bonds. The largest absolute Gasteiger partial charge is 0.456 e. The summed E-state index contributed by atoms with van der Waals surface area (Å²) in [6, 6.07) is 49.3. The molecule has 0 saturated carbocycles. The van der Waals surface area contributed by atoms with Gasteiger partial charge in [-0.25, -0.2) is 15.0 Å². The van der Waals surface area contributed by atoms with Crippen LogP contribution in [-0.4, -0.2) is 15.0 Å². The summed E-state index contributed by atoms with van der Waals surface area (Å²) in [6.45, 7) is 9.55. The van der Waals surface area contributed by atoms with Gasteiger partial charge in [-0.05, 0) is 85.0 Å². The number of nitrogens with zero attached hydrogens (tertiary/aromatic N) is 3. The normalized spacial score (nSPS) is 14.6. The van der Waals surface area contributed by atoms with Gasteiger partial charge in [0.05, 0.1) is 0 Å². The number of furan rings is 1. The van der Waals surface area contributed by atoms with Crippen LogP contribution in [0.25, 0.3) is 88.8 Å². The lowest BCUT2D eigenvalue weighted by molar-refractivity contribution is 0.299. The van der Waals surface area contributed by atoms with Crippen LogP contribution in [0.4, 0.5) is 0 Å². The molecule has 0 atom stereocenters. The van der Waals surface area contributed by atoms with Crippen molar-refractivity contribution in [3.8, 4) is 45.3 Å². The van der Waals surface area contributed by atoms with Gasteiger partial charge in [0.1, 0.15) is 11.2 Å². The maximum Gasteiger partial charge on any atom is 0.164 e. The molecule has 9 aromatic rings. The van der Waals surface area contributed by atoms with Gasteiger partial charge < -0.3 is 4.42 Å². The lowest BCUT2D eigenvalue weighted by Crippen LogP contribution is -2.43. The summed E-state index contributed by atoms with van der Waals surface area (Å²) < 4.78 is 6.25. The smallest absolute Gasteiger partial charge is 0.164 e. The second-order valence-electron chi connectivity index (χ2n) is 14.9. The first-order valence-electron chi connectivity index (χ1n) is 17.6. The number of rotatable bonds is 3. The molecule has 2 heterocycles. The van der Waals surface area contributed by atoms with Crippen molar-refractivity contribution in [2.45, 2.75) is 38.5 Å². The fourth-order valence-corrected chi connectivity index (χ4v) is 8.22. The van der Waals surface area contributed by atoms with Crippen molar-refractivity contribution in [2.75, 3.05) is 0 Å². The Morgan fingerprint density at radius 1 is 0.412 bits per heavy atom. The van der Waals surface area contributed by atoms with Gasteiger partial charge in [-0.2, -0.15) is 0 Å². The molecule has 51 heavy (non-hydrogen) atoms. The minimum atomic E-state index is -0.0556. The van der Waals surface area contributed by atoms with E-state index in [2.05, 4.69) is 107 Å². The molecule has 2 aromatic heterocycles. The van der Waals surface area contributed by atoms with Crippen LogP contribution in [0.5, 0.6) is 0 Å². The Labute approximate surface area is 296 Å². The van der Waals surface area contributed by atoms with E-state index >= 15 is 0 Å². The average Bonchev–Trinajstić information content (AvgIpc) is 3.56. The maximum atomic E-state index is 6.25. The number of para-hydroxylation sites is 1. The van der Waals surface area contributed by atoms with E-state index in [1.807, 2.05) is 60.7 Å². The molecule has 4 nitrogen and oxygen atoms in total. The van der Waals surface area contributed by atoms with Crippen LogP contribution < -0.4 is 0 Å². The molecular formula is C47H35N3O. The number of hydrogen-bond acceptors (Lipinski definition) is 4. The third kappa shape index (κ3) is 4.36. The highest BCUT2D eigenvalue weighted by atomic mass is 16.3. The van der Waals surface area contributed by atoms with Crippen LogP contribution in [-0.2, 0) is 10.8 Å². The van der Waals surface area contributed by atoms with Gasteiger partial charge in [-0.3, -0.25) is 0 Å². The highest BCUT2D eigenvalue weighted by Crippen LogP contribution is 2.54. The fourth-order valence-electron chi connectivity index (χ4n) is 8.22. The van der Waals surface area contributed by atoms with E-state index in [1.54, 1.807) is 0 Å². The van der Waals surface area contributed by atoms with E-state index in [-0.39, 0.29) is 10.8 Å². The number of fused-ring (bicyclic) bond motifs is 9. The number of aromatic nitrogens is 3. The SMILES string of the molecule is CC1(C)c2ccccc2-c2cc3c(ccc4ccc(-c5nc(-c6ccccc6)nc(-c6cccc7oc8ccccc8c67)n5)cc43)cc2C1(C)C. The predicted octanol–water partition coefficient (Wildman–Crippen LogP) is 12.3. The Morgan fingerprint density at radius 2 is 1.04 bits per heavy atom. The van der Waals surface area contributed by atoms with Crippen molar-refractivity contribution >= 4 is 43.5 Å². The van der Waals surface area contributed by atoms with Gasteiger partial charge in [-0.1, -0.05) is 137 Å². The first-order valence-corrected chi connectivity index (χ1v) is 17.6. The van der Waals surface area contributed by atoms with Crippen LogP contribution in [0.2, 0.25) is 0 Å². The van der Waals surface area contributed by atoms with Crippen molar-refractivity contribution < 1.29 is 4.42 Å². The van der Waals surface area contributed by atoms with Gasteiger partial charge in [0, 0.05) is 27.5 Å². The predicted molar refractivity (Wildman–Crippen MR) is 210 cm³/mol. The molecule has 0 radical (unpaired) electrons. The van der Waals surface area contributed by atoms with Crippen LogP contribution in [0.1, 0.15) is 38.8 Å². The summed E-state index contributed by atoms with van der Waals surface area (Å²) in [4.78, 5) is 15.4. The van der Waals surface area contributed by atoms with E-state index in [9.17, 15) is 0 Å². The van der Waals surface area contributed by atoms with Gasteiger partial charge in [0.2, 0.25) is 0 Å². The van der Waals surface area contributed by atoms with Crippen LogP contribution in [0.15, 0.2) is 144 Å². The zero-order chi connectivity index (χ0) is 34.5. The Hall–Kier alpha value is -6.13. The van der Waals surface area contributed by atoms with Gasteiger partial charge in [0.25, 0.3) is 0 Å². The van der Waals surface area contributed by atoms with Crippen LogP contribution >= 0.6 is 0 Å². The Morgan fingerprint density at radius 3 is 1.90 bits per heavy atom. The molecule has 0 fully saturated rings. The van der Waals surface area contributed by atoms with E-state index in [0.29, 0.717) is 17.5 Å². The zero-order valence-electron chi connectivity index (χ0n) is 29.0. The third-order valence-corrected chi connectivity index (χ3v) is 11.7. The monoisotopic (exact) mass is 657 g/mol. The minimum absolute atomic E-state index is 0.0196. The van der Waals surface area contributed by atoms with E-state index < -0.39 is 0 Å². The topological polar surface area (TPSA) is 51.8 Å². The van der Waals surface area contributed by atoms with Crippen molar-refractivity contribution in [3.63, 3.8) is 0 Å². The fraction of sp³-hybridized carbons (Fsp3) is 0.128.